The Bertz CT molecular complexity index is 1360. The van der Waals surface area contributed by atoms with Crippen LogP contribution in [0.15, 0.2) is 60.7 Å². The van der Waals surface area contributed by atoms with Crippen molar-refractivity contribution in [3.8, 4) is 11.5 Å². The van der Waals surface area contributed by atoms with Crippen LogP contribution in [0.5, 0.6) is 11.5 Å². The second-order valence-corrected chi connectivity index (χ2v) is 11.5. The van der Waals surface area contributed by atoms with E-state index in [0.717, 1.165) is 36.7 Å². The smallest absolute Gasteiger partial charge is 0.375 e. The van der Waals surface area contributed by atoms with Crippen molar-refractivity contribution in [3.05, 3.63) is 71.8 Å². The molecule has 0 aromatic heterocycles. The van der Waals surface area contributed by atoms with E-state index < -0.39 is 13.4 Å². The molecule has 1 unspecified atom stereocenters. The van der Waals surface area contributed by atoms with Gasteiger partial charge in [-0.05, 0) is 61.9 Å². The van der Waals surface area contributed by atoms with Crippen LogP contribution in [0.25, 0.3) is 10.8 Å². The average molecular weight is 626 g/mol. The van der Waals surface area contributed by atoms with E-state index in [9.17, 15) is 4.57 Å². The molecule has 1 aliphatic heterocycles. The van der Waals surface area contributed by atoms with Crippen molar-refractivity contribution in [3.63, 3.8) is 0 Å². The summed E-state index contributed by atoms with van der Waals surface area (Å²) in [5, 5.41) is 17.4. The molecule has 0 saturated carbocycles. The van der Waals surface area contributed by atoms with Gasteiger partial charge in [0.05, 0.1) is 19.0 Å². The van der Waals surface area contributed by atoms with Crippen molar-refractivity contribution in [1.82, 2.24) is 4.90 Å². The molecule has 1 fully saturated rings. The van der Waals surface area contributed by atoms with E-state index in [4.69, 9.17) is 35.1 Å². The van der Waals surface area contributed by atoms with Crippen molar-refractivity contribution in [2.45, 2.75) is 45.6 Å². The molecule has 1 saturated heterocycles. The lowest BCUT2D eigenvalue weighted by Gasteiger charge is -2.33. The average Bonchev–Trinajstić information content (AvgIpc) is 2.92. The maximum atomic E-state index is 13.9. The van der Waals surface area contributed by atoms with Gasteiger partial charge in [-0.3, -0.25) is 15.4 Å². The number of hydrogen-bond donors (Lipinski definition) is 3. The summed E-state index contributed by atoms with van der Waals surface area (Å²) in [6.45, 7) is 7.36. The number of amidine groups is 2. The standard InChI is InChI=1S/C29H37N4O5P.2ClH/c1-4-35-39(34,36-5-2)29(38-27-13-8-21-6-7-23(28(31)32)18-24(21)19-27)22-9-11-25(12-10-22)37-26-14-16-33(17-15-26)20(3)30;;/h6-13,18-19,26,29-30H,4-5,14-17H2,1-3H3,(H3,31,32);2*1H. The SMILES string of the molecule is CCOP(=O)(OCC)C(Oc1ccc2ccc(C(=N)N)cc2c1)c1ccc(OC2CCN(C(C)=N)CC2)cc1.Cl.Cl. The van der Waals surface area contributed by atoms with Gasteiger partial charge in [0, 0.05) is 37.1 Å². The Morgan fingerprint density at radius 1 is 0.927 bits per heavy atom. The van der Waals surface area contributed by atoms with Gasteiger partial charge in [-0.15, -0.1) is 24.8 Å². The lowest BCUT2D eigenvalue weighted by atomic mass is 10.1. The predicted octanol–water partition coefficient (Wildman–Crippen LogP) is 7.15. The number of nitrogens with two attached hydrogens (primary N) is 1. The van der Waals surface area contributed by atoms with Crippen LogP contribution >= 0.6 is 32.4 Å². The van der Waals surface area contributed by atoms with E-state index in [1.54, 1.807) is 19.9 Å². The quantitative estimate of drug-likeness (QED) is 0.117. The van der Waals surface area contributed by atoms with E-state index >= 15 is 0 Å². The Labute approximate surface area is 254 Å². The van der Waals surface area contributed by atoms with E-state index in [-0.39, 0.29) is 50.0 Å². The van der Waals surface area contributed by atoms with Gasteiger partial charge in [0.15, 0.2) is 0 Å². The number of halogens is 2. The third-order valence-corrected chi connectivity index (χ3v) is 8.87. The molecule has 4 rings (SSSR count). The Hall–Kier alpha value is -2.81. The van der Waals surface area contributed by atoms with Crippen molar-refractivity contribution in [2.24, 2.45) is 5.73 Å². The van der Waals surface area contributed by atoms with Gasteiger partial charge in [-0.1, -0.05) is 30.3 Å². The number of likely N-dealkylation sites (tertiary alicyclic amines) is 1. The summed E-state index contributed by atoms with van der Waals surface area (Å²) in [6, 6.07) is 18.4. The molecule has 0 radical (unpaired) electrons. The number of hydrogen-bond acceptors (Lipinski definition) is 7. The number of benzene rings is 3. The summed E-state index contributed by atoms with van der Waals surface area (Å²) in [5.41, 5.74) is 6.92. The number of rotatable bonds is 11. The minimum Gasteiger partial charge on any atom is -0.490 e. The van der Waals surface area contributed by atoms with Crippen LogP contribution in [0.1, 0.15) is 50.6 Å². The number of piperidine rings is 1. The molecule has 3 aromatic rings. The van der Waals surface area contributed by atoms with Crippen LogP contribution in [-0.4, -0.2) is 49.0 Å². The first-order valence-corrected chi connectivity index (χ1v) is 14.8. The number of ether oxygens (including phenoxy) is 2. The molecule has 9 nitrogen and oxygen atoms in total. The molecule has 1 atom stereocenters. The summed E-state index contributed by atoms with van der Waals surface area (Å²) >= 11 is 0. The molecule has 224 valence electrons. The number of fused-ring (bicyclic) bond motifs is 1. The van der Waals surface area contributed by atoms with Gasteiger partial charge in [0.2, 0.25) is 5.85 Å². The lowest BCUT2D eigenvalue weighted by molar-refractivity contribution is 0.130. The van der Waals surface area contributed by atoms with Crippen LogP contribution in [0.2, 0.25) is 0 Å². The summed E-state index contributed by atoms with van der Waals surface area (Å²) in [4.78, 5) is 2.05. The van der Waals surface area contributed by atoms with Gasteiger partial charge >= 0.3 is 7.60 Å². The highest BCUT2D eigenvalue weighted by atomic mass is 35.5. The molecule has 0 aliphatic carbocycles. The molecule has 12 heteroatoms. The first kappa shape index (κ1) is 34.4. The van der Waals surface area contributed by atoms with Gasteiger partial charge in [-0.25, -0.2) is 0 Å². The topological polar surface area (TPSA) is 131 Å². The van der Waals surface area contributed by atoms with Crippen LogP contribution in [0, 0.1) is 10.8 Å². The fourth-order valence-corrected chi connectivity index (χ4v) is 6.51. The van der Waals surface area contributed by atoms with Crippen LogP contribution in [0.4, 0.5) is 0 Å². The monoisotopic (exact) mass is 624 g/mol. The number of nitrogen functional groups attached to an aromatic ring is 1. The third-order valence-electron chi connectivity index (χ3n) is 6.66. The van der Waals surface area contributed by atoms with Crippen molar-refractivity contribution >= 4 is 54.9 Å². The summed E-state index contributed by atoms with van der Waals surface area (Å²) in [7, 11) is -3.71. The molecule has 0 amide bonds. The molecular formula is C29H39Cl2N4O5P. The summed E-state index contributed by atoms with van der Waals surface area (Å²) in [6.07, 6.45) is 1.77. The predicted molar refractivity (Wildman–Crippen MR) is 169 cm³/mol. The van der Waals surface area contributed by atoms with Crippen molar-refractivity contribution in [1.29, 1.82) is 10.8 Å². The fraction of sp³-hybridized carbons (Fsp3) is 0.379. The van der Waals surface area contributed by atoms with Gasteiger partial charge in [-0.2, -0.15) is 0 Å². The normalized spacial score (nSPS) is 14.5. The summed E-state index contributed by atoms with van der Waals surface area (Å²) < 4.78 is 37.9. The highest BCUT2D eigenvalue weighted by Crippen LogP contribution is 2.61. The van der Waals surface area contributed by atoms with Crippen LogP contribution < -0.4 is 15.2 Å². The van der Waals surface area contributed by atoms with E-state index in [2.05, 4.69) is 4.90 Å². The van der Waals surface area contributed by atoms with Gasteiger partial charge < -0.3 is 29.2 Å². The zero-order valence-corrected chi connectivity index (χ0v) is 26.0. The highest BCUT2D eigenvalue weighted by Gasteiger charge is 2.39. The van der Waals surface area contributed by atoms with E-state index in [1.165, 1.54) is 0 Å². The molecule has 0 bridgehead atoms. The minimum atomic E-state index is -3.71. The Kier molecular flexibility index (Phi) is 12.9. The zero-order valence-electron chi connectivity index (χ0n) is 23.5. The van der Waals surface area contributed by atoms with Crippen LogP contribution in [0.3, 0.4) is 0 Å². The minimum absolute atomic E-state index is 0. The third kappa shape index (κ3) is 8.60. The fourth-order valence-electron chi connectivity index (χ4n) is 4.65. The molecular weight excluding hydrogens is 586 g/mol. The highest BCUT2D eigenvalue weighted by molar-refractivity contribution is 7.54. The number of nitrogens with zero attached hydrogens (tertiary/aromatic N) is 1. The van der Waals surface area contributed by atoms with Crippen LogP contribution in [-0.2, 0) is 13.6 Å². The first-order valence-electron chi connectivity index (χ1n) is 13.2. The largest absolute Gasteiger partial charge is 0.490 e. The van der Waals surface area contributed by atoms with Gasteiger partial charge in [0.25, 0.3) is 0 Å². The maximum absolute atomic E-state index is 13.9. The Morgan fingerprint density at radius 3 is 2.07 bits per heavy atom. The molecule has 41 heavy (non-hydrogen) atoms. The Balaban J connectivity index is 0.00000294. The first-order chi connectivity index (χ1) is 18.7. The second-order valence-electron chi connectivity index (χ2n) is 9.44. The molecule has 3 aromatic carbocycles. The molecule has 4 N–H and O–H groups in total. The Morgan fingerprint density at radius 2 is 1.51 bits per heavy atom. The second kappa shape index (κ2) is 15.4. The van der Waals surface area contributed by atoms with Crippen molar-refractivity contribution in [2.75, 3.05) is 26.3 Å². The van der Waals surface area contributed by atoms with Crippen molar-refractivity contribution < 1.29 is 23.1 Å². The van der Waals surface area contributed by atoms with E-state index in [1.807, 2.05) is 61.5 Å². The van der Waals surface area contributed by atoms with Gasteiger partial charge in [0.1, 0.15) is 23.4 Å². The number of nitrogens with one attached hydrogen (secondary N) is 2. The molecule has 0 spiro atoms. The maximum Gasteiger partial charge on any atom is 0.375 e. The summed E-state index contributed by atoms with van der Waals surface area (Å²) in [5.74, 6) is 0.770. The van der Waals surface area contributed by atoms with E-state index in [0.29, 0.717) is 28.5 Å². The lowest BCUT2D eigenvalue weighted by Crippen LogP contribution is -2.40. The molecule has 1 aliphatic rings. The zero-order chi connectivity index (χ0) is 28.0. The molecule has 1 heterocycles.